The number of nitrogens with zero attached hydrogens (tertiary/aromatic N) is 3. The molecule has 0 aliphatic rings. The zero-order chi connectivity index (χ0) is 19.1. The first-order chi connectivity index (χ1) is 12.4. The summed E-state index contributed by atoms with van der Waals surface area (Å²) in [5.74, 6) is 1.43. The van der Waals surface area contributed by atoms with Crippen LogP contribution in [0.15, 0.2) is 29.3 Å². The fraction of sp³-hybridized carbons (Fsp3) is 0.524. The van der Waals surface area contributed by atoms with Gasteiger partial charge >= 0.3 is 0 Å². The molecule has 1 aromatic carbocycles. The van der Waals surface area contributed by atoms with E-state index < -0.39 is 0 Å². The van der Waals surface area contributed by atoms with Gasteiger partial charge in [0.05, 0.1) is 5.69 Å². The second-order valence-electron chi connectivity index (χ2n) is 7.13. The first-order valence-corrected chi connectivity index (χ1v) is 9.44. The monoisotopic (exact) mass is 355 g/mol. The van der Waals surface area contributed by atoms with Crippen LogP contribution in [0.5, 0.6) is 0 Å². The van der Waals surface area contributed by atoms with Crippen molar-refractivity contribution in [3.63, 3.8) is 0 Å². The van der Waals surface area contributed by atoms with Crippen molar-refractivity contribution in [3.8, 4) is 0 Å². The summed E-state index contributed by atoms with van der Waals surface area (Å²) in [5.41, 5.74) is 6.28. The van der Waals surface area contributed by atoms with E-state index in [1.807, 2.05) is 25.7 Å². The average molecular weight is 356 g/mol. The van der Waals surface area contributed by atoms with Crippen molar-refractivity contribution in [2.75, 3.05) is 13.6 Å². The third kappa shape index (κ3) is 5.35. The molecule has 0 saturated heterocycles. The molecular formula is C21H33N5. The van der Waals surface area contributed by atoms with Gasteiger partial charge in [-0.05, 0) is 43.7 Å². The molecule has 0 aliphatic heterocycles. The van der Waals surface area contributed by atoms with E-state index in [9.17, 15) is 0 Å². The smallest absolute Gasteiger partial charge is 0.191 e. The molecule has 0 amide bonds. The summed E-state index contributed by atoms with van der Waals surface area (Å²) in [6.45, 7) is 10.2. The highest BCUT2D eigenvalue weighted by molar-refractivity contribution is 5.79. The lowest BCUT2D eigenvalue weighted by Gasteiger charge is -2.12. The molecule has 0 spiro atoms. The molecule has 0 saturated carbocycles. The molecule has 1 heterocycles. The predicted molar refractivity (Wildman–Crippen MR) is 110 cm³/mol. The number of guanidine groups is 1. The highest BCUT2D eigenvalue weighted by Crippen LogP contribution is 2.15. The first kappa shape index (κ1) is 20.0. The van der Waals surface area contributed by atoms with Gasteiger partial charge in [0.15, 0.2) is 5.96 Å². The summed E-state index contributed by atoms with van der Waals surface area (Å²) in [6.07, 6.45) is 2.15. The van der Waals surface area contributed by atoms with E-state index in [-0.39, 0.29) is 0 Å². The maximum Gasteiger partial charge on any atom is 0.191 e. The van der Waals surface area contributed by atoms with Gasteiger partial charge in [-0.25, -0.2) is 0 Å². The van der Waals surface area contributed by atoms with Crippen molar-refractivity contribution >= 4 is 5.96 Å². The average Bonchev–Trinajstić information content (AvgIpc) is 2.87. The Labute approximate surface area is 157 Å². The van der Waals surface area contributed by atoms with E-state index in [0.717, 1.165) is 37.6 Å². The van der Waals surface area contributed by atoms with Crippen LogP contribution < -0.4 is 10.6 Å². The quantitative estimate of drug-likeness (QED) is 0.454. The standard InChI is InChI=1S/C21H33N5/c1-15(2)19-11-9-18(10-12-19)8-7-13-23-21(22-5)24-14-20-16(3)25-26(6)17(20)4/h9-12,15H,7-8,13-14H2,1-6H3,(H2,22,23,24). The summed E-state index contributed by atoms with van der Waals surface area (Å²) in [5, 5.41) is 11.2. The third-order valence-electron chi connectivity index (χ3n) is 4.90. The zero-order valence-corrected chi connectivity index (χ0v) is 17.1. The van der Waals surface area contributed by atoms with Crippen molar-refractivity contribution < 1.29 is 0 Å². The fourth-order valence-corrected chi connectivity index (χ4v) is 3.03. The van der Waals surface area contributed by atoms with Crippen molar-refractivity contribution in [3.05, 3.63) is 52.3 Å². The van der Waals surface area contributed by atoms with Crippen LogP contribution in [-0.4, -0.2) is 29.3 Å². The Morgan fingerprint density at radius 3 is 2.38 bits per heavy atom. The Kier molecular flexibility index (Phi) is 7.25. The van der Waals surface area contributed by atoms with Crippen LogP contribution in [0.2, 0.25) is 0 Å². The summed E-state index contributed by atoms with van der Waals surface area (Å²) in [4.78, 5) is 4.31. The van der Waals surface area contributed by atoms with E-state index in [1.54, 1.807) is 0 Å². The van der Waals surface area contributed by atoms with Crippen LogP contribution in [0.1, 0.15) is 54.3 Å². The van der Waals surface area contributed by atoms with Gasteiger partial charge in [-0.3, -0.25) is 9.67 Å². The Hall–Kier alpha value is -2.30. The van der Waals surface area contributed by atoms with E-state index >= 15 is 0 Å². The summed E-state index contributed by atoms with van der Waals surface area (Å²) in [6, 6.07) is 8.98. The maximum absolute atomic E-state index is 4.46. The Balaban J connectivity index is 1.75. The highest BCUT2D eigenvalue weighted by Gasteiger charge is 2.09. The summed E-state index contributed by atoms with van der Waals surface area (Å²) in [7, 11) is 3.79. The lowest BCUT2D eigenvalue weighted by Crippen LogP contribution is -2.37. The molecule has 1 aromatic heterocycles. The number of aromatic nitrogens is 2. The second kappa shape index (κ2) is 9.41. The zero-order valence-electron chi connectivity index (χ0n) is 17.1. The lowest BCUT2D eigenvalue weighted by molar-refractivity contribution is 0.726. The fourth-order valence-electron chi connectivity index (χ4n) is 3.03. The topological polar surface area (TPSA) is 54.2 Å². The number of rotatable bonds is 7. The lowest BCUT2D eigenvalue weighted by atomic mass is 10.0. The molecular weight excluding hydrogens is 322 g/mol. The SMILES string of the molecule is CN=C(NCCCc1ccc(C(C)C)cc1)NCc1c(C)nn(C)c1C. The summed E-state index contributed by atoms with van der Waals surface area (Å²) < 4.78 is 1.92. The normalized spacial score (nSPS) is 11.9. The van der Waals surface area contributed by atoms with Gasteiger partial charge in [0, 0.05) is 38.4 Å². The van der Waals surface area contributed by atoms with Crippen molar-refractivity contribution in [2.24, 2.45) is 12.0 Å². The molecule has 2 aromatic rings. The number of aryl methyl sites for hydroxylation is 3. The molecule has 2 N–H and O–H groups in total. The van der Waals surface area contributed by atoms with Gasteiger partial charge < -0.3 is 10.6 Å². The molecule has 0 aliphatic carbocycles. The van der Waals surface area contributed by atoms with Crippen LogP contribution in [0.25, 0.3) is 0 Å². The number of nitrogens with one attached hydrogen (secondary N) is 2. The minimum atomic E-state index is 0.590. The molecule has 0 bridgehead atoms. The van der Waals surface area contributed by atoms with Crippen LogP contribution in [-0.2, 0) is 20.0 Å². The molecule has 2 rings (SSSR count). The Morgan fingerprint density at radius 1 is 1.15 bits per heavy atom. The van der Waals surface area contributed by atoms with Crippen LogP contribution in [0.3, 0.4) is 0 Å². The number of hydrogen-bond acceptors (Lipinski definition) is 2. The van der Waals surface area contributed by atoms with Crippen LogP contribution in [0.4, 0.5) is 0 Å². The molecule has 5 nitrogen and oxygen atoms in total. The van der Waals surface area contributed by atoms with Crippen LogP contribution in [0, 0.1) is 13.8 Å². The van der Waals surface area contributed by atoms with Gasteiger partial charge in [0.25, 0.3) is 0 Å². The van der Waals surface area contributed by atoms with E-state index in [0.29, 0.717) is 5.92 Å². The second-order valence-corrected chi connectivity index (χ2v) is 7.13. The third-order valence-corrected chi connectivity index (χ3v) is 4.90. The molecule has 0 atom stereocenters. The first-order valence-electron chi connectivity index (χ1n) is 9.44. The Bertz CT molecular complexity index is 726. The minimum Gasteiger partial charge on any atom is -0.356 e. The summed E-state index contributed by atoms with van der Waals surface area (Å²) >= 11 is 0. The largest absolute Gasteiger partial charge is 0.356 e. The van der Waals surface area contributed by atoms with Gasteiger partial charge in [0.1, 0.15) is 0 Å². The number of aliphatic imine (C=N–C) groups is 1. The predicted octanol–water partition coefficient (Wildman–Crippen LogP) is 3.46. The van der Waals surface area contributed by atoms with Gasteiger partial charge in [-0.2, -0.15) is 5.10 Å². The van der Waals surface area contributed by atoms with E-state index in [4.69, 9.17) is 0 Å². The van der Waals surface area contributed by atoms with E-state index in [2.05, 4.69) is 65.8 Å². The Morgan fingerprint density at radius 2 is 1.85 bits per heavy atom. The molecule has 0 radical (unpaired) electrons. The van der Waals surface area contributed by atoms with Crippen molar-refractivity contribution in [1.29, 1.82) is 0 Å². The van der Waals surface area contributed by atoms with Crippen molar-refractivity contribution in [1.82, 2.24) is 20.4 Å². The molecule has 142 valence electrons. The maximum atomic E-state index is 4.46. The van der Waals surface area contributed by atoms with Crippen molar-refractivity contribution in [2.45, 2.75) is 53.0 Å². The molecule has 0 fully saturated rings. The van der Waals surface area contributed by atoms with Crippen LogP contribution >= 0.6 is 0 Å². The van der Waals surface area contributed by atoms with Gasteiger partial charge in [0.2, 0.25) is 0 Å². The van der Waals surface area contributed by atoms with Gasteiger partial charge in [-0.15, -0.1) is 0 Å². The molecule has 26 heavy (non-hydrogen) atoms. The molecule has 5 heteroatoms. The van der Waals surface area contributed by atoms with Gasteiger partial charge in [-0.1, -0.05) is 38.1 Å². The highest BCUT2D eigenvalue weighted by atomic mass is 15.3. The number of hydrogen-bond donors (Lipinski definition) is 2. The number of benzene rings is 1. The minimum absolute atomic E-state index is 0.590. The van der Waals surface area contributed by atoms with E-state index in [1.165, 1.54) is 22.4 Å². The molecule has 0 unspecified atom stereocenters.